The number of rotatable bonds is 6. The number of ether oxygens (including phenoxy) is 1. The molecule has 1 N–H and O–H groups in total. The molecule has 6 heteroatoms. The normalized spacial score (nSPS) is 15.1. The molecule has 1 unspecified atom stereocenters. The van der Waals surface area contributed by atoms with Crippen LogP contribution in [0.15, 0.2) is 66.9 Å². The molecule has 6 nitrogen and oxygen atoms in total. The maximum absolute atomic E-state index is 13.4. The van der Waals surface area contributed by atoms with E-state index in [9.17, 15) is 4.79 Å². The number of anilines is 1. The van der Waals surface area contributed by atoms with Gasteiger partial charge in [0.2, 0.25) is 0 Å². The van der Waals surface area contributed by atoms with E-state index < -0.39 is 0 Å². The van der Waals surface area contributed by atoms with Crippen LogP contribution in [0.3, 0.4) is 0 Å². The first-order valence-electron chi connectivity index (χ1n) is 10.7. The number of aromatic nitrogens is 1. The van der Waals surface area contributed by atoms with Crippen LogP contribution in [0.5, 0.6) is 0 Å². The second-order valence-corrected chi connectivity index (χ2v) is 8.03. The van der Waals surface area contributed by atoms with E-state index in [4.69, 9.17) is 4.74 Å². The Morgan fingerprint density at radius 2 is 1.87 bits per heavy atom. The quantitative estimate of drug-likeness (QED) is 0.611. The minimum absolute atomic E-state index is 0.0674. The number of carbonyl (C=O) groups is 1. The summed E-state index contributed by atoms with van der Waals surface area (Å²) in [4.78, 5) is 17.4. The topological polar surface area (TPSA) is 49.7 Å². The van der Waals surface area contributed by atoms with E-state index in [1.165, 1.54) is 0 Å². The molecule has 0 saturated heterocycles. The molecule has 1 atom stereocenters. The van der Waals surface area contributed by atoms with Gasteiger partial charge < -0.3 is 24.4 Å². The molecule has 0 spiro atoms. The Hall–Kier alpha value is -3.25. The Bertz CT molecular complexity index is 1030. The SMILES string of the molecule is COCCCNC(=O)N1Cc2ccccc2-n2cccc2C1c1ccc(N(C)C)cc1. The standard InChI is InChI=1S/C25H30N4O2/c1-27(2)21-13-11-19(12-14-21)24-23-10-6-16-28(23)22-9-5-4-8-20(22)18-29(24)25(30)26-15-7-17-31-3/h4-6,8-14,16,24H,7,15,17-18H2,1-3H3,(H,26,30). The van der Waals surface area contributed by atoms with Crippen molar-refractivity contribution in [2.75, 3.05) is 39.3 Å². The Morgan fingerprint density at radius 1 is 1.10 bits per heavy atom. The molecule has 2 heterocycles. The molecule has 1 aliphatic rings. The summed E-state index contributed by atoms with van der Waals surface area (Å²) in [6, 6.07) is 20.6. The lowest BCUT2D eigenvalue weighted by Crippen LogP contribution is -2.42. The molecule has 2 amide bonds. The van der Waals surface area contributed by atoms with E-state index >= 15 is 0 Å². The van der Waals surface area contributed by atoms with E-state index in [1.54, 1.807) is 7.11 Å². The average molecular weight is 419 g/mol. The van der Waals surface area contributed by atoms with Gasteiger partial charge in [-0.2, -0.15) is 0 Å². The van der Waals surface area contributed by atoms with Crippen molar-refractivity contribution in [3.05, 3.63) is 83.7 Å². The molecule has 0 saturated carbocycles. The van der Waals surface area contributed by atoms with Gasteiger partial charge in [-0.15, -0.1) is 0 Å². The van der Waals surface area contributed by atoms with Gasteiger partial charge in [0, 0.05) is 51.9 Å². The highest BCUT2D eigenvalue weighted by Gasteiger charge is 2.32. The monoisotopic (exact) mass is 418 g/mol. The van der Waals surface area contributed by atoms with Gasteiger partial charge >= 0.3 is 6.03 Å². The van der Waals surface area contributed by atoms with Crippen LogP contribution in [0.1, 0.15) is 29.3 Å². The predicted molar refractivity (Wildman–Crippen MR) is 124 cm³/mol. The Morgan fingerprint density at radius 3 is 2.61 bits per heavy atom. The Balaban J connectivity index is 1.75. The van der Waals surface area contributed by atoms with Crippen molar-refractivity contribution >= 4 is 11.7 Å². The van der Waals surface area contributed by atoms with Crippen molar-refractivity contribution in [2.24, 2.45) is 0 Å². The number of fused-ring (bicyclic) bond motifs is 3. The number of nitrogens with zero attached hydrogens (tertiary/aromatic N) is 3. The predicted octanol–water partition coefficient (Wildman–Crippen LogP) is 4.19. The number of methoxy groups -OCH3 is 1. The van der Waals surface area contributed by atoms with Gasteiger partial charge in [0.15, 0.2) is 0 Å². The van der Waals surface area contributed by atoms with Crippen LogP contribution in [0.25, 0.3) is 5.69 Å². The number of benzene rings is 2. The van der Waals surface area contributed by atoms with Gasteiger partial charge in [0.05, 0.1) is 18.3 Å². The largest absolute Gasteiger partial charge is 0.385 e. The molecule has 0 bridgehead atoms. The fourth-order valence-corrected chi connectivity index (χ4v) is 4.16. The van der Waals surface area contributed by atoms with Gasteiger partial charge in [0.1, 0.15) is 0 Å². The molecule has 2 aromatic carbocycles. The molecule has 1 aliphatic heterocycles. The maximum Gasteiger partial charge on any atom is 0.318 e. The van der Waals surface area contributed by atoms with E-state index in [1.807, 2.05) is 37.2 Å². The fourth-order valence-electron chi connectivity index (χ4n) is 4.16. The van der Waals surface area contributed by atoms with E-state index in [2.05, 4.69) is 63.4 Å². The van der Waals surface area contributed by atoms with Crippen LogP contribution in [-0.4, -0.2) is 49.9 Å². The van der Waals surface area contributed by atoms with Gasteiger partial charge in [0.25, 0.3) is 0 Å². The van der Waals surface area contributed by atoms with Gasteiger partial charge in [-0.3, -0.25) is 0 Å². The zero-order chi connectivity index (χ0) is 21.8. The number of nitrogens with one attached hydrogen (secondary N) is 1. The third-order valence-corrected chi connectivity index (χ3v) is 5.75. The molecule has 1 aromatic heterocycles. The lowest BCUT2D eigenvalue weighted by atomic mass is 10.0. The number of amides is 2. The van der Waals surface area contributed by atoms with Crippen LogP contribution in [0.4, 0.5) is 10.5 Å². The van der Waals surface area contributed by atoms with Crippen molar-refractivity contribution < 1.29 is 9.53 Å². The molecular formula is C25H30N4O2. The molecule has 0 radical (unpaired) electrons. The summed E-state index contributed by atoms with van der Waals surface area (Å²) in [6.07, 6.45) is 2.86. The highest BCUT2D eigenvalue weighted by molar-refractivity contribution is 5.76. The Labute approximate surface area is 184 Å². The van der Waals surface area contributed by atoms with Crippen molar-refractivity contribution in [1.82, 2.24) is 14.8 Å². The summed E-state index contributed by atoms with van der Waals surface area (Å²) in [5, 5.41) is 3.09. The van der Waals surface area contributed by atoms with Crippen LogP contribution >= 0.6 is 0 Å². The first-order valence-corrected chi connectivity index (χ1v) is 10.7. The van der Waals surface area contributed by atoms with Crippen molar-refractivity contribution in [3.8, 4) is 5.69 Å². The van der Waals surface area contributed by atoms with E-state index in [0.29, 0.717) is 19.7 Å². The molecule has 0 aliphatic carbocycles. The molecule has 162 valence electrons. The smallest absolute Gasteiger partial charge is 0.318 e. The van der Waals surface area contributed by atoms with Crippen LogP contribution in [-0.2, 0) is 11.3 Å². The van der Waals surface area contributed by atoms with Crippen LogP contribution in [0, 0.1) is 0 Å². The zero-order valence-corrected chi connectivity index (χ0v) is 18.4. The summed E-state index contributed by atoms with van der Waals surface area (Å²) >= 11 is 0. The maximum atomic E-state index is 13.4. The molecule has 3 aromatic rings. The number of urea groups is 1. The average Bonchev–Trinajstić information content (AvgIpc) is 3.21. The van der Waals surface area contributed by atoms with Crippen molar-refractivity contribution in [1.29, 1.82) is 0 Å². The molecule has 4 rings (SSSR count). The highest BCUT2D eigenvalue weighted by atomic mass is 16.5. The summed E-state index contributed by atoms with van der Waals surface area (Å²) < 4.78 is 7.33. The summed E-state index contributed by atoms with van der Waals surface area (Å²) in [5.74, 6) is 0. The van der Waals surface area contributed by atoms with Crippen molar-refractivity contribution in [3.63, 3.8) is 0 Å². The molecule has 0 fully saturated rings. The number of para-hydroxylation sites is 1. The molecule has 31 heavy (non-hydrogen) atoms. The summed E-state index contributed by atoms with van der Waals surface area (Å²) in [6.45, 7) is 1.74. The second kappa shape index (κ2) is 9.27. The minimum atomic E-state index is -0.193. The number of hydrogen-bond donors (Lipinski definition) is 1. The number of carbonyl (C=O) groups excluding carboxylic acids is 1. The summed E-state index contributed by atoms with van der Waals surface area (Å²) in [7, 11) is 5.74. The van der Waals surface area contributed by atoms with E-state index in [0.717, 1.165) is 34.6 Å². The number of hydrogen-bond acceptors (Lipinski definition) is 3. The first-order chi connectivity index (χ1) is 15.1. The minimum Gasteiger partial charge on any atom is -0.385 e. The Kier molecular flexibility index (Phi) is 6.28. The third-order valence-electron chi connectivity index (χ3n) is 5.75. The van der Waals surface area contributed by atoms with Crippen LogP contribution in [0.2, 0.25) is 0 Å². The summed E-state index contributed by atoms with van der Waals surface area (Å²) in [5.41, 5.74) is 5.54. The lowest BCUT2D eigenvalue weighted by Gasteiger charge is -2.31. The third kappa shape index (κ3) is 4.30. The lowest BCUT2D eigenvalue weighted by molar-refractivity contribution is 0.174. The van der Waals surface area contributed by atoms with Crippen LogP contribution < -0.4 is 10.2 Å². The zero-order valence-electron chi connectivity index (χ0n) is 18.4. The van der Waals surface area contributed by atoms with Gasteiger partial charge in [-0.25, -0.2) is 4.79 Å². The molecular weight excluding hydrogens is 388 g/mol. The second-order valence-electron chi connectivity index (χ2n) is 8.03. The van der Waals surface area contributed by atoms with Gasteiger partial charge in [-0.05, 0) is 47.9 Å². The van der Waals surface area contributed by atoms with Gasteiger partial charge in [-0.1, -0.05) is 30.3 Å². The fraction of sp³-hybridized carbons (Fsp3) is 0.320. The first kappa shape index (κ1) is 21.0. The van der Waals surface area contributed by atoms with E-state index in [-0.39, 0.29) is 12.1 Å². The van der Waals surface area contributed by atoms with Crippen molar-refractivity contribution in [2.45, 2.75) is 19.0 Å². The highest BCUT2D eigenvalue weighted by Crippen LogP contribution is 2.37.